The van der Waals surface area contributed by atoms with Crippen LogP contribution in [0.2, 0.25) is 0 Å². The van der Waals surface area contributed by atoms with E-state index in [4.69, 9.17) is 5.11 Å². The van der Waals surface area contributed by atoms with Gasteiger partial charge in [0.15, 0.2) is 5.82 Å². The minimum Gasteiger partial charge on any atom is -0.480 e. The van der Waals surface area contributed by atoms with E-state index in [0.717, 1.165) is 10.1 Å². The number of aromatic nitrogens is 2. The van der Waals surface area contributed by atoms with Crippen molar-refractivity contribution < 1.29 is 14.3 Å². The molecule has 0 bridgehead atoms. The van der Waals surface area contributed by atoms with Gasteiger partial charge in [-0.15, -0.1) is 0 Å². The van der Waals surface area contributed by atoms with E-state index >= 15 is 0 Å². The summed E-state index contributed by atoms with van der Waals surface area (Å²) in [5.74, 6) is -1.28. The average molecular weight is 305 g/mol. The number of benzene rings is 1. The lowest BCUT2D eigenvalue weighted by atomic mass is 10.1. The number of carboxylic acid groups (broad SMARTS) is 1. The first-order valence-corrected chi connectivity index (χ1v) is 6.74. The van der Waals surface area contributed by atoms with Gasteiger partial charge in [-0.05, 0) is 31.0 Å². The summed E-state index contributed by atoms with van der Waals surface area (Å²) in [4.78, 5) is 26.9. The highest BCUT2D eigenvalue weighted by molar-refractivity contribution is 5.66. The maximum atomic E-state index is 12.8. The predicted octanol–water partition coefficient (Wildman–Crippen LogP) is 1.43. The Bertz CT molecular complexity index is 726. The van der Waals surface area contributed by atoms with Crippen LogP contribution in [0.1, 0.15) is 11.3 Å². The zero-order chi connectivity index (χ0) is 16.1. The van der Waals surface area contributed by atoms with Crippen molar-refractivity contribution in [3.63, 3.8) is 0 Å². The van der Waals surface area contributed by atoms with Gasteiger partial charge in [0.05, 0.1) is 0 Å². The van der Waals surface area contributed by atoms with E-state index in [-0.39, 0.29) is 11.6 Å². The molecular weight excluding hydrogens is 289 g/mol. The highest BCUT2D eigenvalue weighted by atomic mass is 19.1. The fourth-order valence-corrected chi connectivity index (χ4v) is 2.00. The van der Waals surface area contributed by atoms with Crippen LogP contribution < -0.4 is 10.9 Å². The summed E-state index contributed by atoms with van der Waals surface area (Å²) >= 11 is 0. The molecule has 0 aliphatic rings. The molecule has 2 N–H and O–H groups in total. The molecule has 0 atom stereocenters. The number of hydrogen-bond donors (Lipinski definition) is 2. The van der Waals surface area contributed by atoms with Crippen molar-refractivity contribution in [3.8, 4) is 0 Å². The van der Waals surface area contributed by atoms with Crippen LogP contribution in [0.3, 0.4) is 0 Å². The Morgan fingerprint density at radius 2 is 2.05 bits per heavy atom. The molecule has 2 rings (SSSR count). The van der Waals surface area contributed by atoms with E-state index in [1.165, 1.54) is 18.3 Å². The van der Waals surface area contributed by atoms with E-state index < -0.39 is 18.1 Å². The first kappa shape index (κ1) is 15.7. The topological polar surface area (TPSA) is 84.2 Å². The average Bonchev–Trinajstić information content (AvgIpc) is 2.47. The van der Waals surface area contributed by atoms with Gasteiger partial charge in [0.25, 0.3) is 5.56 Å². The van der Waals surface area contributed by atoms with Crippen molar-refractivity contribution in [1.82, 2.24) is 9.55 Å². The van der Waals surface area contributed by atoms with Crippen molar-refractivity contribution in [2.75, 3.05) is 11.9 Å². The fourth-order valence-electron chi connectivity index (χ4n) is 2.00. The van der Waals surface area contributed by atoms with E-state index in [0.29, 0.717) is 18.7 Å². The lowest BCUT2D eigenvalue weighted by Crippen LogP contribution is -2.29. The minimum absolute atomic E-state index is 0.106. The maximum absolute atomic E-state index is 12.8. The van der Waals surface area contributed by atoms with Crippen LogP contribution in [0.25, 0.3) is 0 Å². The first-order chi connectivity index (χ1) is 10.5. The molecule has 0 amide bonds. The van der Waals surface area contributed by atoms with E-state index in [1.54, 1.807) is 19.1 Å². The summed E-state index contributed by atoms with van der Waals surface area (Å²) in [6.07, 6.45) is 2.04. The SMILES string of the molecule is Cc1cnc(NCCc2ccc(F)cc2)c(=O)n1CC(=O)O. The van der Waals surface area contributed by atoms with Gasteiger partial charge in [0.2, 0.25) is 0 Å². The summed E-state index contributed by atoms with van der Waals surface area (Å²) in [7, 11) is 0. The summed E-state index contributed by atoms with van der Waals surface area (Å²) in [5.41, 5.74) is 0.935. The Morgan fingerprint density at radius 3 is 2.68 bits per heavy atom. The van der Waals surface area contributed by atoms with Crippen molar-refractivity contribution in [1.29, 1.82) is 0 Å². The number of anilines is 1. The molecule has 0 unspecified atom stereocenters. The Kier molecular flexibility index (Phi) is 4.88. The third-order valence-electron chi connectivity index (χ3n) is 3.17. The number of carbonyl (C=O) groups is 1. The highest BCUT2D eigenvalue weighted by Crippen LogP contribution is 2.04. The molecule has 0 spiro atoms. The lowest BCUT2D eigenvalue weighted by Gasteiger charge is -2.10. The zero-order valence-corrected chi connectivity index (χ0v) is 12.0. The largest absolute Gasteiger partial charge is 0.480 e. The van der Waals surface area contributed by atoms with Gasteiger partial charge in [-0.1, -0.05) is 12.1 Å². The molecule has 1 aromatic carbocycles. The molecule has 0 saturated heterocycles. The van der Waals surface area contributed by atoms with Crippen molar-refractivity contribution >= 4 is 11.8 Å². The van der Waals surface area contributed by atoms with Gasteiger partial charge in [-0.25, -0.2) is 9.37 Å². The molecule has 116 valence electrons. The molecule has 2 aromatic rings. The van der Waals surface area contributed by atoms with Crippen LogP contribution in [0.5, 0.6) is 0 Å². The van der Waals surface area contributed by atoms with Gasteiger partial charge in [-0.2, -0.15) is 0 Å². The molecule has 6 nitrogen and oxygen atoms in total. The van der Waals surface area contributed by atoms with Crippen LogP contribution in [-0.2, 0) is 17.8 Å². The van der Waals surface area contributed by atoms with E-state index in [9.17, 15) is 14.0 Å². The number of carboxylic acids is 1. The van der Waals surface area contributed by atoms with Crippen molar-refractivity contribution in [2.24, 2.45) is 0 Å². The Balaban J connectivity index is 2.05. The molecule has 1 aromatic heterocycles. The zero-order valence-electron chi connectivity index (χ0n) is 12.0. The smallest absolute Gasteiger partial charge is 0.323 e. The molecule has 0 fully saturated rings. The van der Waals surface area contributed by atoms with Gasteiger partial charge in [-0.3, -0.25) is 14.2 Å². The molecular formula is C15H16FN3O3. The van der Waals surface area contributed by atoms with Crippen LogP contribution >= 0.6 is 0 Å². The normalized spacial score (nSPS) is 10.5. The molecule has 7 heteroatoms. The predicted molar refractivity (Wildman–Crippen MR) is 79.5 cm³/mol. The Labute approximate surface area is 126 Å². The summed E-state index contributed by atoms with van der Waals surface area (Å²) in [6, 6.07) is 6.09. The van der Waals surface area contributed by atoms with Gasteiger partial charge in [0.1, 0.15) is 12.4 Å². The fraction of sp³-hybridized carbons (Fsp3) is 0.267. The molecule has 22 heavy (non-hydrogen) atoms. The molecule has 0 aliphatic carbocycles. The van der Waals surface area contributed by atoms with Gasteiger partial charge < -0.3 is 10.4 Å². The van der Waals surface area contributed by atoms with Gasteiger partial charge >= 0.3 is 5.97 Å². The van der Waals surface area contributed by atoms with Crippen molar-refractivity contribution in [2.45, 2.75) is 19.9 Å². The number of hydrogen-bond acceptors (Lipinski definition) is 4. The Morgan fingerprint density at radius 1 is 1.36 bits per heavy atom. The maximum Gasteiger partial charge on any atom is 0.323 e. The second kappa shape index (κ2) is 6.84. The monoisotopic (exact) mass is 305 g/mol. The number of nitrogens with zero attached hydrogens (tertiary/aromatic N) is 2. The van der Waals surface area contributed by atoms with Crippen molar-refractivity contribution in [3.05, 3.63) is 57.9 Å². The van der Waals surface area contributed by atoms with E-state index in [1.807, 2.05) is 0 Å². The molecule has 0 aliphatic heterocycles. The second-order valence-electron chi connectivity index (χ2n) is 4.84. The van der Waals surface area contributed by atoms with Crippen LogP contribution in [0, 0.1) is 12.7 Å². The number of nitrogens with one attached hydrogen (secondary N) is 1. The summed E-state index contributed by atoms with van der Waals surface area (Å²) in [5, 5.41) is 11.7. The molecule has 1 heterocycles. The standard InChI is InChI=1S/C15H16FN3O3/c1-10-8-18-14(15(22)19(10)9-13(20)21)17-7-6-11-2-4-12(16)5-3-11/h2-5,8H,6-7,9H2,1H3,(H,17,18)(H,20,21). The van der Waals surface area contributed by atoms with Crippen LogP contribution in [0.15, 0.2) is 35.3 Å². The quantitative estimate of drug-likeness (QED) is 0.843. The molecule has 0 saturated carbocycles. The summed E-state index contributed by atoms with van der Waals surface area (Å²) < 4.78 is 13.9. The molecule has 0 radical (unpaired) electrons. The Hall–Kier alpha value is -2.70. The first-order valence-electron chi connectivity index (χ1n) is 6.74. The lowest BCUT2D eigenvalue weighted by molar-refractivity contribution is -0.137. The minimum atomic E-state index is -1.09. The number of halogens is 1. The highest BCUT2D eigenvalue weighted by Gasteiger charge is 2.10. The number of aliphatic carboxylic acids is 1. The third kappa shape index (κ3) is 3.91. The number of aryl methyl sites for hydroxylation is 1. The summed E-state index contributed by atoms with van der Waals surface area (Å²) in [6.45, 7) is 1.66. The number of rotatable bonds is 6. The van der Waals surface area contributed by atoms with Crippen LogP contribution in [-0.4, -0.2) is 27.2 Å². The third-order valence-corrected chi connectivity index (χ3v) is 3.17. The second-order valence-corrected chi connectivity index (χ2v) is 4.84. The van der Waals surface area contributed by atoms with Crippen LogP contribution in [0.4, 0.5) is 10.2 Å². The van der Waals surface area contributed by atoms with Gasteiger partial charge in [0, 0.05) is 18.4 Å². The van der Waals surface area contributed by atoms with E-state index in [2.05, 4.69) is 10.3 Å².